The van der Waals surface area contributed by atoms with Gasteiger partial charge in [0.1, 0.15) is 0 Å². The van der Waals surface area contributed by atoms with Gasteiger partial charge in [0.05, 0.1) is 5.69 Å². The molecule has 0 amide bonds. The van der Waals surface area contributed by atoms with Gasteiger partial charge in [-0.2, -0.15) is 5.10 Å². The molecule has 1 aromatic heterocycles. The Balaban J connectivity index is 2.18. The number of hydrogen-bond donors (Lipinski definition) is 0. The minimum Gasteiger partial charge on any atom is -0.454 e. The van der Waals surface area contributed by atoms with Crippen molar-refractivity contribution in [2.24, 2.45) is 7.05 Å². The molecule has 1 aliphatic heterocycles. The third kappa shape index (κ3) is 1.26. The highest BCUT2D eigenvalue weighted by molar-refractivity contribution is 5.68. The molecule has 0 saturated heterocycles. The van der Waals surface area contributed by atoms with Crippen LogP contribution in [0.4, 0.5) is 0 Å². The number of rotatable bonds is 1. The van der Waals surface area contributed by atoms with Crippen LogP contribution in [0.1, 0.15) is 5.56 Å². The zero-order valence-electron chi connectivity index (χ0n) is 9.23. The number of fused-ring (bicyclic) bond motifs is 1. The van der Waals surface area contributed by atoms with E-state index in [0.29, 0.717) is 6.79 Å². The van der Waals surface area contributed by atoms with E-state index >= 15 is 0 Å². The van der Waals surface area contributed by atoms with Gasteiger partial charge >= 0.3 is 0 Å². The highest BCUT2D eigenvalue weighted by atomic mass is 16.7. The number of aromatic nitrogens is 2. The van der Waals surface area contributed by atoms with Crippen LogP contribution < -0.4 is 9.47 Å². The standard InChI is InChI=1S/C12H12N2O2/c1-8-5-11-12(16-7-15-11)6-9(8)10-3-4-13-14(10)2/h3-6H,7H2,1-2H3. The Kier molecular flexibility index (Phi) is 1.89. The van der Waals surface area contributed by atoms with Gasteiger partial charge in [0.2, 0.25) is 6.79 Å². The van der Waals surface area contributed by atoms with Crippen molar-refractivity contribution in [2.45, 2.75) is 6.92 Å². The average Bonchev–Trinajstić information content (AvgIpc) is 2.85. The Morgan fingerprint density at radius 1 is 1.25 bits per heavy atom. The van der Waals surface area contributed by atoms with Crippen LogP contribution in [0.5, 0.6) is 11.5 Å². The van der Waals surface area contributed by atoms with Crippen LogP contribution in [0.3, 0.4) is 0 Å². The van der Waals surface area contributed by atoms with E-state index in [1.165, 1.54) is 0 Å². The molecule has 0 bridgehead atoms. The third-order valence-corrected chi connectivity index (χ3v) is 2.82. The van der Waals surface area contributed by atoms with Crippen LogP contribution in [0.2, 0.25) is 0 Å². The average molecular weight is 216 g/mol. The Morgan fingerprint density at radius 3 is 2.69 bits per heavy atom. The lowest BCUT2D eigenvalue weighted by atomic mass is 10.0. The molecule has 0 fully saturated rings. The van der Waals surface area contributed by atoms with Gasteiger partial charge in [0.15, 0.2) is 11.5 Å². The van der Waals surface area contributed by atoms with E-state index in [-0.39, 0.29) is 0 Å². The lowest BCUT2D eigenvalue weighted by Gasteiger charge is -2.07. The predicted molar refractivity (Wildman–Crippen MR) is 59.5 cm³/mol. The van der Waals surface area contributed by atoms with Crippen molar-refractivity contribution in [1.82, 2.24) is 9.78 Å². The third-order valence-electron chi connectivity index (χ3n) is 2.82. The van der Waals surface area contributed by atoms with Crippen molar-refractivity contribution in [3.05, 3.63) is 30.0 Å². The summed E-state index contributed by atoms with van der Waals surface area (Å²) in [5.74, 6) is 1.63. The summed E-state index contributed by atoms with van der Waals surface area (Å²) in [5.41, 5.74) is 3.37. The summed E-state index contributed by atoms with van der Waals surface area (Å²) in [4.78, 5) is 0. The van der Waals surface area contributed by atoms with E-state index < -0.39 is 0 Å². The van der Waals surface area contributed by atoms with E-state index in [0.717, 1.165) is 28.3 Å². The Hall–Kier alpha value is -1.97. The van der Waals surface area contributed by atoms with Gasteiger partial charge < -0.3 is 9.47 Å². The summed E-state index contributed by atoms with van der Waals surface area (Å²) in [6.45, 7) is 2.37. The minimum absolute atomic E-state index is 0.309. The lowest BCUT2D eigenvalue weighted by Crippen LogP contribution is -1.95. The van der Waals surface area contributed by atoms with Crippen LogP contribution in [0, 0.1) is 6.92 Å². The fourth-order valence-electron chi connectivity index (χ4n) is 1.96. The summed E-state index contributed by atoms with van der Waals surface area (Å²) < 4.78 is 12.6. The second-order valence-corrected chi connectivity index (χ2v) is 3.86. The zero-order chi connectivity index (χ0) is 11.1. The first-order valence-electron chi connectivity index (χ1n) is 5.14. The highest BCUT2D eigenvalue weighted by Gasteiger charge is 2.17. The van der Waals surface area contributed by atoms with E-state index in [1.807, 2.05) is 29.9 Å². The number of aryl methyl sites for hydroxylation is 2. The molecule has 1 aliphatic rings. The monoisotopic (exact) mass is 216 g/mol. The van der Waals surface area contributed by atoms with Crippen molar-refractivity contribution in [1.29, 1.82) is 0 Å². The molecular formula is C12H12N2O2. The van der Waals surface area contributed by atoms with E-state index in [4.69, 9.17) is 9.47 Å². The maximum Gasteiger partial charge on any atom is 0.231 e. The van der Waals surface area contributed by atoms with Crippen LogP contribution in [-0.2, 0) is 7.05 Å². The molecule has 0 atom stereocenters. The second kappa shape index (κ2) is 3.27. The molecule has 0 aliphatic carbocycles. The molecule has 4 nitrogen and oxygen atoms in total. The smallest absolute Gasteiger partial charge is 0.231 e. The molecule has 0 N–H and O–H groups in total. The van der Waals surface area contributed by atoms with Gasteiger partial charge in [-0.3, -0.25) is 4.68 Å². The summed E-state index contributed by atoms with van der Waals surface area (Å²) in [5, 5.41) is 4.17. The Bertz CT molecular complexity index is 546. The van der Waals surface area contributed by atoms with Crippen molar-refractivity contribution < 1.29 is 9.47 Å². The molecule has 4 heteroatoms. The maximum absolute atomic E-state index is 5.38. The molecule has 0 unspecified atom stereocenters. The van der Waals surface area contributed by atoms with E-state index in [1.54, 1.807) is 6.20 Å². The molecule has 0 spiro atoms. The molecule has 0 radical (unpaired) electrons. The van der Waals surface area contributed by atoms with E-state index in [9.17, 15) is 0 Å². The molecule has 82 valence electrons. The van der Waals surface area contributed by atoms with Gasteiger partial charge in [0, 0.05) is 18.8 Å². The van der Waals surface area contributed by atoms with Gasteiger partial charge in [-0.05, 0) is 30.7 Å². The van der Waals surface area contributed by atoms with E-state index in [2.05, 4.69) is 12.0 Å². The summed E-state index contributed by atoms with van der Waals surface area (Å²) in [7, 11) is 1.93. The number of benzene rings is 1. The molecule has 2 aromatic rings. The zero-order valence-corrected chi connectivity index (χ0v) is 9.23. The first-order chi connectivity index (χ1) is 7.75. The largest absolute Gasteiger partial charge is 0.454 e. The maximum atomic E-state index is 5.38. The van der Waals surface area contributed by atoms with Crippen molar-refractivity contribution in [3.8, 4) is 22.8 Å². The van der Waals surface area contributed by atoms with Crippen LogP contribution >= 0.6 is 0 Å². The first-order valence-corrected chi connectivity index (χ1v) is 5.14. The summed E-state index contributed by atoms with van der Waals surface area (Å²) in [6, 6.07) is 6.00. The number of nitrogens with zero attached hydrogens (tertiary/aromatic N) is 2. The molecule has 2 heterocycles. The fourth-order valence-corrected chi connectivity index (χ4v) is 1.96. The Morgan fingerprint density at radius 2 is 2.00 bits per heavy atom. The molecule has 1 aromatic carbocycles. The fraction of sp³-hybridized carbons (Fsp3) is 0.250. The van der Waals surface area contributed by atoms with Crippen LogP contribution in [-0.4, -0.2) is 16.6 Å². The summed E-state index contributed by atoms with van der Waals surface area (Å²) >= 11 is 0. The SMILES string of the molecule is Cc1cc2c(cc1-c1ccnn1C)OCO2. The molecule has 3 rings (SSSR count). The topological polar surface area (TPSA) is 36.3 Å². The summed E-state index contributed by atoms with van der Waals surface area (Å²) in [6.07, 6.45) is 1.79. The van der Waals surface area contributed by atoms with Crippen LogP contribution in [0.15, 0.2) is 24.4 Å². The quantitative estimate of drug-likeness (QED) is 0.732. The van der Waals surface area contributed by atoms with Gasteiger partial charge in [-0.25, -0.2) is 0 Å². The normalized spacial score (nSPS) is 13.1. The van der Waals surface area contributed by atoms with Crippen molar-refractivity contribution in [2.75, 3.05) is 6.79 Å². The molecule has 16 heavy (non-hydrogen) atoms. The number of hydrogen-bond acceptors (Lipinski definition) is 3. The lowest BCUT2D eigenvalue weighted by molar-refractivity contribution is 0.174. The van der Waals surface area contributed by atoms with Gasteiger partial charge in [-0.1, -0.05) is 0 Å². The van der Waals surface area contributed by atoms with Gasteiger partial charge in [-0.15, -0.1) is 0 Å². The molecule has 0 saturated carbocycles. The second-order valence-electron chi connectivity index (χ2n) is 3.86. The Labute approximate surface area is 93.4 Å². The minimum atomic E-state index is 0.309. The van der Waals surface area contributed by atoms with Gasteiger partial charge in [0.25, 0.3) is 0 Å². The van der Waals surface area contributed by atoms with Crippen molar-refractivity contribution >= 4 is 0 Å². The number of ether oxygens (including phenoxy) is 2. The first kappa shape index (κ1) is 9.27. The van der Waals surface area contributed by atoms with Crippen molar-refractivity contribution in [3.63, 3.8) is 0 Å². The predicted octanol–water partition coefficient (Wildman–Crippen LogP) is 2.12. The van der Waals surface area contributed by atoms with Crippen LogP contribution in [0.25, 0.3) is 11.3 Å². The molecular weight excluding hydrogens is 204 g/mol. The highest BCUT2D eigenvalue weighted by Crippen LogP contribution is 2.38.